The first-order valence-electron chi connectivity index (χ1n) is 6.32. The molecule has 1 N–H and O–H groups in total. The van der Waals surface area contributed by atoms with Crippen LogP contribution in [0.4, 0.5) is 0 Å². The summed E-state index contributed by atoms with van der Waals surface area (Å²) in [6.07, 6.45) is 6.59. The van der Waals surface area contributed by atoms with Crippen molar-refractivity contribution < 1.29 is 19.4 Å². The molecule has 3 fully saturated rings. The average Bonchev–Trinajstić information content (AvgIpc) is 2.38. The van der Waals surface area contributed by atoms with E-state index in [4.69, 9.17) is 9.84 Å². The summed E-state index contributed by atoms with van der Waals surface area (Å²) >= 11 is 0. The summed E-state index contributed by atoms with van der Waals surface area (Å²) in [6, 6.07) is 0. The van der Waals surface area contributed by atoms with Crippen LogP contribution in [0.3, 0.4) is 0 Å². The zero-order valence-electron chi connectivity index (χ0n) is 10.3. The first-order valence-corrected chi connectivity index (χ1v) is 6.32. The normalized spacial score (nSPS) is 35.6. The Kier molecular flexibility index (Phi) is 3.15. The Bertz CT molecular complexity index is 310. The molecule has 96 valence electrons. The minimum atomic E-state index is -0.713. The molecule has 0 radical (unpaired) electrons. The first-order chi connectivity index (χ1) is 8.02. The minimum absolute atomic E-state index is 0.0657. The van der Waals surface area contributed by atoms with Crippen LogP contribution in [0.2, 0.25) is 0 Å². The smallest absolute Gasteiger partial charge is 0.311 e. The van der Waals surface area contributed by atoms with Gasteiger partial charge in [0.05, 0.1) is 12.5 Å². The molecule has 17 heavy (non-hydrogen) atoms. The number of esters is 1. The number of carbonyl (C=O) groups is 2. The lowest BCUT2D eigenvalue weighted by Crippen LogP contribution is -2.46. The van der Waals surface area contributed by atoms with Crippen molar-refractivity contribution in [2.45, 2.75) is 51.4 Å². The Hall–Kier alpha value is -1.06. The Morgan fingerprint density at radius 1 is 1.12 bits per heavy atom. The quantitative estimate of drug-likeness (QED) is 0.766. The van der Waals surface area contributed by atoms with Crippen molar-refractivity contribution >= 4 is 11.9 Å². The summed E-state index contributed by atoms with van der Waals surface area (Å²) in [6.45, 7) is 0. The van der Waals surface area contributed by atoms with Crippen LogP contribution in [0.25, 0.3) is 0 Å². The van der Waals surface area contributed by atoms with Gasteiger partial charge < -0.3 is 9.84 Å². The molecule has 2 bridgehead atoms. The van der Waals surface area contributed by atoms with E-state index in [1.54, 1.807) is 0 Å². The van der Waals surface area contributed by atoms with Gasteiger partial charge >= 0.3 is 11.9 Å². The predicted molar refractivity (Wildman–Crippen MR) is 61.5 cm³/mol. The topological polar surface area (TPSA) is 63.6 Å². The third-order valence-electron chi connectivity index (χ3n) is 4.89. The summed E-state index contributed by atoms with van der Waals surface area (Å²) in [5.41, 5.74) is -0.0616. The number of carbonyl (C=O) groups excluding carboxylic acids is 1. The van der Waals surface area contributed by atoms with E-state index in [9.17, 15) is 9.59 Å². The fourth-order valence-electron chi connectivity index (χ4n) is 3.53. The number of aliphatic carboxylic acids is 1. The number of rotatable bonds is 4. The number of hydrogen-bond acceptors (Lipinski definition) is 3. The number of ether oxygens (including phenoxy) is 1. The molecule has 0 atom stereocenters. The van der Waals surface area contributed by atoms with Crippen LogP contribution in [0.1, 0.15) is 51.4 Å². The fourth-order valence-corrected chi connectivity index (χ4v) is 3.53. The number of carboxylic acids is 1. The maximum absolute atomic E-state index is 11.8. The van der Waals surface area contributed by atoms with Gasteiger partial charge in [0.1, 0.15) is 0 Å². The van der Waals surface area contributed by atoms with E-state index in [2.05, 4.69) is 0 Å². The third-order valence-corrected chi connectivity index (χ3v) is 4.89. The highest BCUT2D eigenvalue weighted by molar-refractivity contribution is 5.77. The molecule has 3 saturated carbocycles. The molecular weight excluding hydrogens is 220 g/mol. The average molecular weight is 240 g/mol. The van der Waals surface area contributed by atoms with Crippen LogP contribution in [-0.4, -0.2) is 24.2 Å². The van der Waals surface area contributed by atoms with Gasteiger partial charge in [-0.2, -0.15) is 0 Å². The van der Waals surface area contributed by atoms with E-state index in [1.165, 1.54) is 7.11 Å². The molecule has 0 aliphatic heterocycles. The minimum Gasteiger partial charge on any atom is -0.481 e. The summed E-state index contributed by atoms with van der Waals surface area (Å²) < 4.78 is 4.91. The molecule has 0 amide bonds. The third kappa shape index (κ3) is 2.17. The standard InChI is InChI=1S/C13H20O4/c1-17-11(16)13-7-4-12(5-8-13,6-9-13)3-2-10(14)15/h2-9H2,1H3,(H,14,15). The summed E-state index contributed by atoms with van der Waals surface area (Å²) in [5.74, 6) is -0.779. The number of hydrogen-bond donors (Lipinski definition) is 1. The van der Waals surface area contributed by atoms with Gasteiger partial charge in [0.15, 0.2) is 0 Å². The maximum Gasteiger partial charge on any atom is 0.311 e. The summed E-state index contributed by atoms with van der Waals surface area (Å²) in [7, 11) is 1.46. The van der Waals surface area contributed by atoms with Crippen LogP contribution in [0, 0.1) is 10.8 Å². The molecule has 0 saturated heterocycles. The van der Waals surface area contributed by atoms with Crippen molar-refractivity contribution in [2.75, 3.05) is 7.11 Å². The molecule has 3 aliphatic carbocycles. The van der Waals surface area contributed by atoms with Gasteiger partial charge in [-0.3, -0.25) is 9.59 Å². The van der Waals surface area contributed by atoms with E-state index >= 15 is 0 Å². The molecule has 4 nitrogen and oxygen atoms in total. The monoisotopic (exact) mass is 240 g/mol. The van der Waals surface area contributed by atoms with Crippen LogP contribution < -0.4 is 0 Å². The van der Waals surface area contributed by atoms with E-state index in [1.807, 2.05) is 0 Å². The lowest BCUT2D eigenvalue weighted by Gasteiger charge is -2.51. The molecular formula is C13H20O4. The molecule has 0 heterocycles. The van der Waals surface area contributed by atoms with Gasteiger partial charge in [0.25, 0.3) is 0 Å². The zero-order valence-corrected chi connectivity index (χ0v) is 10.3. The number of fused-ring (bicyclic) bond motifs is 3. The van der Waals surface area contributed by atoms with Crippen molar-refractivity contribution in [3.8, 4) is 0 Å². The Labute approximate surface area is 101 Å². The maximum atomic E-state index is 11.8. The van der Waals surface area contributed by atoms with E-state index in [0.717, 1.165) is 44.9 Å². The molecule has 0 aromatic carbocycles. The van der Waals surface area contributed by atoms with Crippen molar-refractivity contribution in [1.29, 1.82) is 0 Å². The molecule has 0 aromatic heterocycles. The zero-order chi connectivity index (χ0) is 12.5. The second kappa shape index (κ2) is 4.31. The highest BCUT2D eigenvalue weighted by atomic mass is 16.5. The summed E-state index contributed by atoms with van der Waals surface area (Å²) in [5, 5.41) is 8.77. The Morgan fingerprint density at radius 3 is 2.06 bits per heavy atom. The first kappa shape index (κ1) is 12.4. The van der Waals surface area contributed by atoms with Gasteiger partial charge in [-0.15, -0.1) is 0 Å². The van der Waals surface area contributed by atoms with E-state index in [-0.39, 0.29) is 23.2 Å². The van der Waals surface area contributed by atoms with Crippen LogP contribution >= 0.6 is 0 Å². The largest absolute Gasteiger partial charge is 0.481 e. The number of methoxy groups -OCH3 is 1. The SMILES string of the molecule is COC(=O)C12CCC(CCC(=O)O)(CC1)CC2. The van der Waals surface area contributed by atoms with Gasteiger partial charge in [0.2, 0.25) is 0 Å². The lowest BCUT2D eigenvalue weighted by atomic mass is 9.52. The molecule has 3 rings (SSSR count). The lowest BCUT2D eigenvalue weighted by molar-refractivity contribution is -0.163. The van der Waals surface area contributed by atoms with Gasteiger partial charge in [-0.05, 0) is 50.4 Å². The molecule has 0 unspecified atom stereocenters. The highest BCUT2D eigenvalue weighted by Crippen LogP contribution is 2.59. The predicted octanol–water partition coefficient (Wildman–Crippen LogP) is 2.36. The van der Waals surface area contributed by atoms with E-state index in [0.29, 0.717) is 0 Å². The van der Waals surface area contributed by atoms with Crippen LogP contribution in [0.5, 0.6) is 0 Å². The number of carboxylic acid groups (broad SMARTS) is 1. The van der Waals surface area contributed by atoms with Crippen LogP contribution in [0.15, 0.2) is 0 Å². The Morgan fingerprint density at radius 2 is 1.65 bits per heavy atom. The van der Waals surface area contributed by atoms with Gasteiger partial charge in [-0.25, -0.2) is 0 Å². The van der Waals surface area contributed by atoms with Crippen molar-refractivity contribution in [3.63, 3.8) is 0 Å². The second-order valence-corrected chi connectivity index (χ2v) is 5.67. The molecule has 0 aromatic rings. The second-order valence-electron chi connectivity index (χ2n) is 5.67. The van der Waals surface area contributed by atoms with Crippen molar-refractivity contribution in [3.05, 3.63) is 0 Å². The molecule has 0 spiro atoms. The van der Waals surface area contributed by atoms with Gasteiger partial charge in [-0.1, -0.05) is 0 Å². The Balaban J connectivity index is 1.99. The van der Waals surface area contributed by atoms with Crippen molar-refractivity contribution in [2.24, 2.45) is 10.8 Å². The van der Waals surface area contributed by atoms with Gasteiger partial charge in [0, 0.05) is 6.42 Å². The van der Waals surface area contributed by atoms with E-state index < -0.39 is 5.97 Å². The molecule has 4 heteroatoms. The summed E-state index contributed by atoms with van der Waals surface area (Å²) in [4.78, 5) is 22.5. The molecule has 3 aliphatic rings. The highest BCUT2D eigenvalue weighted by Gasteiger charge is 2.52. The van der Waals surface area contributed by atoms with Crippen LogP contribution in [-0.2, 0) is 14.3 Å². The fraction of sp³-hybridized carbons (Fsp3) is 0.846. The van der Waals surface area contributed by atoms with Crippen molar-refractivity contribution in [1.82, 2.24) is 0 Å².